The maximum absolute atomic E-state index is 10.2. The summed E-state index contributed by atoms with van der Waals surface area (Å²) in [6.07, 6.45) is 4.43. The fourth-order valence-corrected chi connectivity index (χ4v) is 2.94. The highest BCUT2D eigenvalue weighted by Crippen LogP contribution is 2.32. The van der Waals surface area contributed by atoms with Crippen molar-refractivity contribution >= 4 is 27.6 Å². The van der Waals surface area contributed by atoms with Crippen molar-refractivity contribution in [3.8, 4) is 0 Å². The first-order valence-electron chi connectivity index (χ1n) is 6.75. The van der Waals surface area contributed by atoms with E-state index >= 15 is 0 Å². The van der Waals surface area contributed by atoms with Gasteiger partial charge in [0.1, 0.15) is 22.4 Å². The Kier molecular flexibility index (Phi) is 4.62. The Labute approximate surface area is 122 Å². The third-order valence-electron chi connectivity index (χ3n) is 3.29. The molecule has 106 valence electrons. The van der Waals surface area contributed by atoms with Crippen LogP contribution in [0.5, 0.6) is 0 Å². The summed E-state index contributed by atoms with van der Waals surface area (Å²) < 4.78 is 0.876. The summed E-state index contributed by atoms with van der Waals surface area (Å²) in [6.45, 7) is 6.40. The number of β-amino-alcohol motifs (C(OH)–C–C–N with tert-alkyl or cyclic N) is 1. The molecule has 1 atom stereocenters. The number of nitrogens with zero attached hydrogens (tertiary/aromatic N) is 3. The molecule has 1 aliphatic heterocycles. The predicted molar refractivity (Wildman–Crippen MR) is 80.6 cm³/mol. The van der Waals surface area contributed by atoms with Crippen LogP contribution in [-0.2, 0) is 0 Å². The Morgan fingerprint density at radius 1 is 1.53 bits per heavy atom. The van der Waals surface area contributed by atoms with Crippen molar-refractivity contribution in [2.24, 2.45) is 0 Å². The van der Waals surface area contributed by atoms with Crippen LogP contribution in [0.15, 0.2) is 10.8 Å². The SMILES string of the molecule is CCCNc1ncnc(N2CCCC(C)(O)C2)c1Br. The third-order valence-corrected chi connectivity index (χ3v) is 4.02. The van der Waals surface area contributed by atoms with Gasteiger partial charge in [0.15, 0.2) is 0 Å². The van der Waals surface area contributed by atoms with Crippen LogP contribution in [0, 0.1) is 0 Å². The zero-order valence-corrected chi connectivity index (χ0v) is 13.1. The molecule has 6 heteroatoms. The van der Waals surface area contributed by atoms with E-state index in [2.05, 4.69) is 43.0 Å². The van der Waals surface area contributed by atoms with E-state index in [9.17, 15) is 5.11 Å². The van der Waals surface area contributed by atoms with Gasteiger partial charge in [-0.15, -0.1) is 0 Å². The minimum absolute atomic E-state index is 0.607. The molecule has 0 saturated carbocycles. The molecule has 0 bridgehead atoms. The molecule has 1 aromatic rings. The highest BCUT2D eigenvalue weighted by molar-refractivity contribution is 9.10. The van der Waals surface area contributed by atoms with Crippen LogP contribution in [0.4, 0.5) is 11.6 Å². The molecule has 0 aliphatic carbocycles. The second-order valence-corrected chi connectivity index (χ2v) is 6.10. The van der Waals surface area contributed by atoms with E-state index < -0.39 is 5.60 Å². The number of nitrogens with one attached hydrogen (secondary N) is 1. The van der Waals surface area contributed by atoms with Gasteiger partial charge in [-0.25, -0.2) is 9.97 Å². The first kappa shape index (κ1) is 14.5. The average Bonchev–Trinajstić information content (AvgIpc) is 2.36. The first-order valence-corrected chi connectivity index (χ1v) is 7.54. The van der Waals surface area contributed by atoms with Crippen molar-refractivity contribution in [2.45, 2.75) is 38.7 Å². The highest BCUT2D eigenvalue weighted by atomic mass is 79.9. The summed E-state index contributed by atoms with van der Waals surface area (Å²) in [7, 11) is 0. The lowest BCUT2D eigenvalue weighted by atomic mass is 9.95. The number of piperidine rings is 1. The maximum Gasteiger partial charge on any atom is 0.148 e. The monoisotopic (exact) mass is 328 g/mol. The second kappa shape index (κ2) is 6.05. The Morgan fingerprint density at radius 3 is 3.00 bits per heavy atom. The van der Waals surface area contributed by atoms with Crippen molar-refractivity contribution in [1.29, 1.82) is 0 Å². The van der Waals surface area contributed by atoms with Crippen LogP contribution in [0.2, 0.25) is 0 Å². The topological polar surface area (TPSA) is 61.3 Å². The quantitative estimate of drug-likeness (QED) is 0.888. The highest BCUT2D eigenvalue weighted by Gasteiger charge is 2.30. The molecule has 0 radical (unpaired) electrons. The molecule has 1 aliphatic rings. The van der Waals surface area contributed by atoms with Crippen molar-refractivity contribution in [3.63, 3.8) is 0 Å². The molecule has 2 rings (SSSR count). The van der Waals surface area contributed by atoms with E-state index in [1.165, 1.54) is 0 Å². The normalized spacial score (nSPS) is 23.5. The standard InChI is InChI=1S/C13H21BrN4O/c1-3-6-15-11-10(14)12(17-9-16-11)18-7-4-5-13(2,19)8-18/h9,19H,3-8H2,1-2H3,(H,15,16,17). The molecule has 1 fully saturated rings. The zero-order valence-electron chi connectivity index (χ0n) is 11.5. The second-order valence-electron chi connectivity index (χ2n) is 5.31. The summed E-state index contributed by atoms with van der Waals surface area (Å²) in [4.78, 5) is 10.7. The smallest absolute Gasteiger partial charge is 0.148 e. The van der Waals surface area contributed by atoms with Gasteiger partial charge in [-0.3, -0.25) is 0 Å². The van der Waals surface area contributed by atoms with Crippen LogP contribution in [0.1, 0.15) is 33.1 Å². The molecule has 2 N–H and O–H groups in total. The van der Waals surface area contributed by atoms with Gasteiger partial charge in [-0.05, 0) is 42.1 Å². The lowest BCUT2D eigenvalue weighted by Crippen LogP contribution is -2.46. The van der Waals surface area contributed by atoms with Gasteiger partial charge in [0.25, 0.3) is 0 Å². The largest absolute Gasteiger partial charge is 0.388 e. The number of anilines is 2. The van der Waals surface area contributed by atoms with Crippen LogP contribution in [-0.4, -0.2) is 40.3 Å². The van der Waals surface area contributed by atoms with E-state index in [4.69, 9.17) is 0 Å². The molecule has 0 spiro atoms. The van der Waals surface area contributed by atoms with Gasteiger partial charge in [0.05, 0.1) is 5.60 Å². The van der Waals surface area contributed by atoms with Gasteiger partial charge >= 0.3 is 0 Å². The van der Waals surface area contributed by atoms with E-state index in [0.717, 1.165) is 48.5 Å². The van der Waals surface area contributed by atoms with Crippen molar-refractivity contribution in [1.82, 2.24) is 9.97 Å². The number of halogens is 1. The summed E-state index contributed by atoms with van der Waals surface area (Å²) in [5.41, 5.74) is -0.639. The molecular formula is C13H21BrN4O. The maximum atomic E-state index is 10.2. The molecule has 2 heterocycles. The van der Waals surface area contributed by atoms with Gasteiger partial charge < -0.3 is 15.3 Å². The molecule has 0 aromatic carbocycles. The molecular weight excluding hydrogens is 308 g/mol. The lowest BCUT2D eigenvalue weighted by Gasteiger charge is -2.37. The molecule has 19 heavy (non-hydrogen) atoms. The molecule has 5 nitrogen and oxygen atoms in total. The van der Waals surface area contributed by atoms with E-state index in [-0.39, 0.29) is 0 Å². The lowest BCUT2D eigenvalue weighted by molar-refractivity contribution is 0.0446. The molecule has 1 saturated heterocycles. The Balaban J connectivity index is 2.19. The molecule has 1 unspecified atom stereocenters. The fourth-order valence-electron chi connectivity index (χ4n) is 2.35. The van der Waals surface area contributed by atoms with Gasteiger partial charge in [-0.1, -0.05) is 6.92 Å². The summed E-state index contributed by atoms with van der Waals surface area (Å²) in [6, 6.07) is 0. The summed E-state index contributed by atoms with van der Waals surface area (Å²) in [5.74, 6) is 1.67. The Hall–Kier alpha value is -0.880. The summed E-state index contributed by atoms with van der Waals surface area (Å²) >= 11 is 3.57. The van der Waals surface area contributed by atoms with E-state index in [1.807, 2.05) is 6.92 Å². The zero-order chi connectivity index (χ0) is 13.9. The van der Waals surface area contributed by atoms with Crippen LogP contribution >= 0.6 is 15.9 Å². The number of hydrogen-bond donors (Lipinski definition) is 2. The van der Waals surface area contributed by atoms with Crippen molar-refractivity contribution in [3.05, 3.63) is 10.8 Å². The minimum atomic E-state index is -0.639. The van der Waals surface area contributed by atoms with Crippen LogP contribution < -0.4 is 10.2 Å². The minimum Gasteiger partial charge on any atom is -0.388 e. The molecule has 1 aromatic heterocycles. The van der Waals surface area contributed by atoms with E-state index in [0.29, 0.717) is 6.54 Å². The molecule has 0 amide bonds. The van der Waals surface area contributed by atoms with Gasteiger partial charge in [-0.2, -0.15) is 0 Å². The number of aromatic nitrogens is 2. The van der Waals surface area contributed by atoms with Gasteiger partial charge in [0.2, 0.25) is 0 Å². The van der Waals surface area contributed by atoms with Crippen LogP contribution in [0.3, 0.4) is 0 Å². The number of hydrogen-bond acceptors (Lipinski definition) is 5. The Morgan fingerprint density at radius 2 is 2.32 bits per heavy atom. The van der Waals surface area contributed by atoms with E-state index in [1.54, 1.807) is 6.33 Å². The van der Waals surface area contributed by atoms with Crippen LogP contribution in [0.25, 0.3) is 0 Å². The Bertz CT molecular complexity index is 439. The number of aliphatic hydroxyl groups is 1. The van der Waals surface area contributed by atoms with Crippen molar-refractivity contribution in [2.75, 3.05) is 29.9 Å². The van der Waals surface area contributed by atoms with Gasteiger partial charge in [0, 0.05) is 19.6 Å². The summed E-state index contributed by atoms with van der Waals surface area (Å²) in [5, 5.41) is 13.5. The first-order chi connectivity index (χ1) is 9.03. The number of rotatable bonds is 4. The fraction of sp³-hybridized carbons (Fsp3) is 0.692. The van der Waals surface area contributed by atoms with Crippen molar-refractivity contribution < 1.29 is 5.11 Å². The average molecular weight is 329 g/mol. The third kappa shape index (κ3) is 3.57. The predicted octanol–water partition coefficient (Wildman–Crippen LogP) is 2.41.